The second-order valence-corrected chi connectivity index (χ2v) is 3.97. The minimum atomic E-state index is 1.26. The minimum Gasteiger partial charge on any atom is -0.152 e. The highest BCUT2D eigenvalue weighted by Crippen LogP contribution is 2.27. The SMILES string of the molecule is CC1=C(I)CSC1. The molecule has 40 valence electrons. The maximum Gasteiger partial charge on any atom is 0.0245 e. The number of halogens is 1. The van der Waals surface area contributed by atoms with Crippen LogP contribution in [0.1, 0.15) is 6.92 Å². The predicted molar refractivity (Wildman–Crippen MR) is 44.0 cm³/mol. The fourth-order valence-corrected chi connectivity index (χ4v) is 2.61. The largest absolute Gasteiger partial charge is 0.152 e. The van der Waals surface area contributed by atoms with E-state index in [0.29, 0.717) is 0 Å². The molecule has 0 radical (unpaired) electrons. The molecule has 1 aliphatic rings. The molecular formula is C5H7IS. The first-order chi connectivity index (χ1) is 3.30. The molecule has 0 saturated heterocycles. The van der Waals surface area contributed by atoms with Gasteiger partial charge in [0.15, 0.2) is 0 Å². The molecule has 0 bridgehead atoms. The molecule has 0 N–H and O–H groups in total. The highest BCUT2D eigenvalue weighted by atomic mass is 127. The molecule has 1 rings (SSSR count). The lowest BCUT2D eigenvalue weighted by atomic mass is 10.3. The average molecular weight is 226 g/mol. The molecular weight excluding hydrogens is 219 g/mol. The Hall–Kier alpha value is 0.820. The Morgan fingerprint density at radius 1 is 1.57 bits per heavy atom. The summed E-state index contributed by atoms with van der Waals surface area (Å²) >= 11 is 4.43. The van der Waals surface area contributed by atoms with Gasteiger partial charge < -0.3 is 0 Å². The van der Waals surface area contributed by atoms with Crippen LogP contribution in [0.25, 0.3) is 0 Å². The highest BCUT2D eigenvalue weighted by Gasteiger charge is 2.05. The fraction of sp³-hybridized carbons (Fsp3) is 0.600. The summed E-state index contributed by atoms with van der Waals surface area (Å²) in [6, 6.07) is 0. The highest BCUT2D eigenvalue weighted by molar-refractivity contribution is 14.1. The molecule has 0 nitrogen and oxygen atoms in total. The van der Waals surface area contributed by atoms with E-state index in [1.54, 1.807) is 9.15 Å². The van der Waals surface area contributed by atoms with Crippen molar-refractivity contribution in [3.63, 3.8) is 0 Å². The summed E-state index contributed by atoms with van der Waals surface area (Å²) < 4.78 is 1.56. The van der Waals surface area contributed by atoms with Crippen LogP contribution in [0.4, 0.5) is 0 Å². The van der Waals surface area contributed by atoms with Gasteiger partial charge in [0.05, 0.1) is 0 Å². The Morgan fingerprint density at radius 2 is 2.29 bits per heavy atom. The van der Waals surface area contributed by atoms with Gasteiger partial charge in [0.25, 0.3) is 0 Å². The molecule has 7 heavy (non-hydrogen) atoms. The monoisotopic (exact) mass is 226 g/mol. The van der Waals surface area contributed by atoms with E-state index in [4.69, 9.17) is 0 Å². The van der Waals surface area contributed by atoms with Crippen molar-refractivity contribution in [1.82, 2.24) is 0 Å². The summed E-state index contributed by atoms with van der Waals surface area (Å²) in [5.41, 5.74) is 1.57. The molecule has 1 aliphatic heterocycles. The number of hydrogen-bond donors (Lipinski definition) is 0. The lowest BCUT2D eigenvalue weighted by molar-refractivity contribution is 1.42. The molecule has 0 spiro atoms. The Bertz CT molecular complexity index is 94.6. The van der Waals surface area contributed by atoms with Crippen molar-refractivity contribution in [3.8, 4) is 0 Å². The first-order valence-corrected chi connectivity index (χ1v) is 4.46. The summed E-state index contributed by atoms with van der Waals surface area (Å²) in [4.78, 5) is 0. The summed E-state index contributed by atoms with van der Waals surface area (Å²) in [6.45, 7) is 2.21. The summed E-state index contributed by atoms with van der Waals surface area (Å²) in [5, 5.41) is 0. The Kier molecular flexibility index (Phi) is 2.04. The van der Waals surface area contributed by atoms with Crippen molar-refractivity contribution >= 4 is 34.4 Å². The molecule has 0 saturated carbocycles. The molecule has 0 fully saturated rings. The van der Waals surface area contributed by atoms with Crippen LogP contribution < -0.4 is 0 Å². The van der Waals surface area contributed by atoms with Gasteiger partial charge in [-0.05, 0) is 29.5 Å². The third kappa shape index (κ3) is 1.35. The summed E-state index contributed by atoms with van der Waals surface area (Å²) in [7, 11) is 0. The van der Waals surface area contributed by atoms with Crippen LogP contribution in [0.2, 0.25) is 0 Å². The van der Waals surface area contributed by atoms with Gasteiger partial charge in [-0.2, -0.15) is 11.8 Å². The second-order valence-electron chi connectivity index (χ2n) is 1.68. The summed E-state index contributed by atoms with van der Waals surface area (Å²) in [6.07, 6.45) is 0. The maximum atomic E-state index is 2.42. The van der Waals surface area contributed by atoms with Crippen LogP contribution in [0.15, 0.2) is 9.15 Å². The molecule has 0 unspecified atom stereocenters. The van der Waals surface area contributed by atoms with Gasteiger partial charge in [0.1, 0.15) is 0 Å². The van der Waals surface area contributed by atoms with E-state index in [0.717, 1.165) is 0 Å². The predicted octanol–water partition coefficient (Wildman–Crippen LogP) is 2.44. The third-order valence-electron chi connectivity index (χ3n) is 1.01. The normalized spacial score (nSPS) is 21.4. The molecule has 0 aromatic carbocycles. The molecule has 0 aliphatic carbocycles. The molecule has 1 heterocycles. The van der Waals surface area contributed by atoms with E-state index in [9.17, 15) is 0 Å². The second kappa shape index (κ2) is 2.40. The van der Waals surface area contributed by atoms with E-state index in [1.165, 1.54) is 11.5 Å². The van der Waals surface area contributed by atoms with Gasteiger partial charge in [0.2, 0.25) is 0 Å². The molecule has 0 amide bonds. The van der Waals surface area contributed by atoms with Crippen LogP contribution in [0.3, 0.4) is 0 Å². The van der Waals surface area contributed by atoms with Crippen molar-refractivity contribution in [3.05, 3.63) is 9.15 Å². The van der Waals surface area contributed by atoms with Gasteiger partial charge in [-0.15, -0.1) is 0 Å². The van der Waals surface area contributed by atoms with Crippen LogP contribution in [0, 0.1) is 0 Å². The zero-order valence-electron chi connectivity index (χ0n) is 4.20. The smallest absolute Gasteiger partial charge is 0.0245 e. The Morgan fingerprint density at radius 3 is 2.43 bits per heavy atom. The number of thioether (sulfide) groups is 1. The lowest BCUT2D eigenvalue weighted by Gasteiger charge is -1.83. The first-order valence-electron chi connectivity index (χ1n) is 2.22. The van der Waals surface area contributed by atoms with Crippen molar-refractivity contribution < 1.29 is 0 Å². The van der Waals surface area contributed by atoms with E-state index in [2.05, 4.69) is 29.5 Å². The molecule has 0 aromatic rings. The van der Waals surface area contributed by atoms with Crippen LogP contribution in [-0.4, -0.2) is 11.5 Å². The van der Waals surface area contributed by atoms with Crippen molar-refractivity contribution in [2.24, 2.45) is 0 Å². The maximum absolute atomic E-state index is 2.42. The zero-order chi connectivity index (χ0) is 5.28. The van der Waals surface area contributed by atoms with Crippen molar-refractivity contribution in [1.29, 1.82) is 0 Å². The minimum absolute atomic E-state index is 1.26. The topological polar surface area (TPSA) is 0 Å². The van der Waals surface area contributed by atoms with E-state index < -0.39 is 0 Å². The number of hydrogen-bond acceptors (Lipinski definition) is 1. The Balaban J connectivity index is 2.64. The van der Waals surface area contributed by atoms with Crippen molar-refractivity contribution in [2.45, 2.75) is 6.92 Å². The van der Waals surface area contributed by atoms with Gasteiger partial charge in [0, 0.05) is 15.1 Å². The van der Waals surface area contributed by atoms with Gasteiger partial charge >= 0.3 is 0 Å². The van der Waals surface area contributed by atoms with Gasteiger partial charge in [-0.25, -0.2) is 0 Å². The Labute approximate surface area is 61.9 Å². The standard InChI is InChI=1S/C5H7IS/c1-4-2-7-3-5(4)6/h2-3H2,1H3. The zero-order valence-corrected chi connectivity index (χ0v) is 7.17. The van der Waals surface area contributed by atoms with Crippen LogP contribution in [-0.2, 0) is 0 Å². The third-order valence-corrected chi connectivity index (χ3v) is 3.96. The molecule has 0 aromatic heterocycles. The quantitative estimate of drug-likeness (QED) is 0.571. The van der Waals surface area contributed by atoms with Gasteiger partial charge in [-0.3, -0.25) is 0 Å². The van der Waals surface area contributed by atoms with Crippen LogP contribution in [0.5, 0.6) is 0 Å². The van der Waals surface area contributed by atoms with Crippen LogP contribution >= 0.6 is 34.4 Å². The fourth-order valence-electron chi connectivity index (χ4n) is 0.495. The van der Waals surface area contributed by atoms with E-state index in [1.807, 2.05) is 11.8 Å². The van der Waals surface area contributed by atoms with E-state index >= 15 is 0 Å². The lowest BCUT2D eigenvalue weighted by Crippen LogP contribution is -1.70. The van der Waals surface area contributed by atoms with Crippen molar-refractivity contribution in [2.75, 3.05) is 11.5 Å². The molecule has 0 atom stereocenters. The number of rotatable bonds is 0. The average Bonchev–Trinajstić information content (AvgIpc) is 1.91. The first kappa shape index (κ1) is 5.95. The summed E-state index contributed by atoms with van der Waals surface area (Å²) in [5.74, 6) is 2.52. The molecule has 2 heteroatoms. The van der Waals surface area contributed by atoms with E-state index in [-0.39, 0.29) is 0 Å². The van der Waals surface area contributed by atoms with Gasteiger partial charge in [-0.1, -0.05) is 5.57 Å².